The van der Waals surface area contributed by atoms with E-state index in [1.54, 1.807) is 0 Å². The average Bonchev–Trinajstić information content (AvgIpc) is 3.01. The van der Waals surface area contributed by atoms with Gasteiger partial charge in [0.2, 0.25) is 5.91 Å². The smallest absolute Gasteiger partial charge is 0.410 e. The van der Waals surface area contributed by atoms with Crippen LogP contribution in [-0.4, -0.2) is 53.7 Å². The molecule has 4 rings (SSSR count). The summed E-state index contributed by atoms with van der Waals surface area (Å²) in [6.07, 6.45) is -1.11. The van der Waals surface area contributed by atoms with E-state index >= 15 is 0 Å². The van der Waals surface area contributed by atoms with Crippen LogP contribution in [-0.2, 0) is 14.3 Å². The van der Waals surface area contributed by atoms with E-state index in [9.17, 15) is 14.4 Å². The topological polar surface area (TPSA) is 95.9 Å². The molecule has 28 heavy (non-hydrogen) atoms. The molecule has 0 radical (unpaired) electrons. The van der Waals surface area contributed by atoms with Crippen LogP contribution in [0, 0.1) is 0 Å². The molecule has 0 saturated carbocycles. The van der Waals surface area contributed by atoms with Crippen molar-refractivity contribution in [3.8, 4) is 11.1 Å². The number of piperazine rings is 1. The van der Waals surface area contributed by atoms with Crippen LogP contribution in [0.25, 0.3) is 11.1 Å². The van der Waals surface area contributed by atoms with Gasteiger partial charge in [0, 0.05) is 19.0 Å². The van der Waals surface area contributed by atoms with Gasteiger partial charge in [-0.15, -0.1) is 0 Å². The number of carboxylic acid groups (broad SMARTS) is 1. The SMILES string of the molecule is O=C(O)C[C@H]1C(=O)NCCN1C(=O)OCC1c2ccccc2-c2ccccc21. The predicted molar refractivity (Wildman–Crippen MR) is 101 cm³/mol. The van der Waals surface area contributed by atoms with E-state index in [1.165, 1.54) is 4.90 Å². The van der Waals surface area contributed by atoms with Gasteiger partial charge in [0.1, 0.15) is 12.6 Å². The minimum atomic E-state index is -1.14. The molecule has 2 N–H and O–H groups in total. The molecule has 0 spiro atoms. The lowest BCUT2D eigenvalue weighted by atomic mass is 9.98. The molecule has 2 aliphatic rings. The van der Waals surface area contributed by atoms with E-state index in [-0.39, 0.29) is 25.6 Å². The second-order valence-corrected chi connectivity index (χ2v) is 6.90. The fraction of sp³-hybridized carbons (Fsp3) is 0.286. The summed E-state index contributed by atoms with van der Waals surface area (Å²) in [6, 6.07) is 15.0. The third-order valence-electron chi connectivity index (χ3n) is 5.27. The first kappa shape index (κ1) is 18.0. The molecule has 1 aliphatic carbocycles. The molecule has 1 atom stereocenters. The van der Waals surface area contributed by atoms with Crippen molar-refractivity contribution in [1.82, 2.24) is 10.2 Å². The van der Waals surface area contributed by atoms with E-state index in [1.807, 2.05) is 48.5 Å². The van der Waals surface area contributed by atoms with Crippen molar-refractivity contribution < 1.29 is 24.2 Å². The van der Waals surface area contributed by atoms with Gasteiger partial charge in [-0.05, 0) is 22.3 Å². The fourth-order valence-corrected chi connectivity index (χ4v) is 3.98. The summed E-state index contributed by atoms with van der Waals surface area (Å²) in [7, 11) is 0. The minimum absolute atomic E-state index is 0.0899. The Labute approximate surface area is 161 Å². The molecule has 0 bridgehead atoms. The number of carbonyl (C=O) groups excluding carboxylic acids is 2. The average molecular weight is 380 g/mol. The Morgan fingerprint density at radius 1 is 1.07 bits per heavy atom. The molecule has 1 saturated heterocycles. The molecule has 0 unspecified atom stereocenters. The van der Waals surface area contributed by atoms with E-state index in [0.717, 1.165) is 22.3 Å². The van der Waals surface area contributed by atoms with Crippen LogP contribution in [0.15, 0.2) is 48.5 Å². The summed E-state index contributed by atoms with van der Waals surface area (Å²) in [5, 5.41) is 11.6. The van der Waals surface area contributed by atoms with Gasteiger partial charge in [-0.1, -0.05) is 48.5 Å². The van der Waals surface area contributed by atoms with Crippen molar-refractivity contribution in [1.29, 1.82) is 0 Å². The molecule has 0 aromatic heterocycles. The third-order valence-corrected chi connectivity index (χ3v) is 5.27. The number of carbonyl (C=O) groups is 3. The molecule has 1 heterocycles. The van der Waals surface area contributed by atoms with Crippen molar-refractivity contribution in [3.05, 3.63) is 59.7 Å². The zero-order valence-corrected chi connectivity index (χ0v) is 15.1. The quantitative estimate of drug-likeness (QED) is 0.848. The number of amides is 2. The number of fused-ring (bicyclic) bond motifs is 3. The Morgan fingerprint density at radius 3 is 2.29 bits per heavy atom. The Hall–Kier alpha value is -3.35. The van der Waals surface area contributed by atoms with Crippen molar-refractivity contribution in [2.75, 3.05) is 19.7 Å². The zero-order chi connectivity index (χ0) is 19.7. The number of nitrogens with zero attached hydrogens (tertiary/aromatic N) is 1. The summed E-state index contributed by atoms with van der Waals surface area (Å²) in [4.78, 5) is 36.9. The van der Waals surface area contributed by atoms with Crippen LogP contribution >= 0.6 is 0 Å². The van der Waals surface area contributed by atoms with E-state index < -0.39 is 30.4 Å². The number of aliphatic carboxylic acids is 1. The lowest BCUT2D eigenvalue weighted by Crippen LogP contribution is -2.58. The molecule has 144 valence electrons. The van der Waals surface area contributed by atoms with Crippen LogP contribution in [0.2, 0.25) is 0 Å². The second kappa shape index (κ2) is 7.34. The lowest BCUT2D eigenvalue weighted by Gasteiger charge is -2.33. The number of benzene rings is 2. The molecule has 1 fully saturated rings. The molecule has 2 aromatic carbocycles. The maximum absolute atomic E-state index is 12.6. The Bertz CT molecular complexity index is 896. The van der Waals surface area contributed by atoms with Gasteiger partial charge < -0.3 is 15.2 Å². The number of hydrogen-bond donors (Lipinski definition) is 2. The van der Waals surface area contributed by atoms with Gasteiger partial charge in [-0.3, -0.25) is 14.5 Å². The van der Waals surface area contributed by atoms with Crippen molar-refractivity contribution >= 4 is 18.0 Å². The molecule has 7 nitrogen and oxygen atoms in total. The normalized spacial score (nSPS) is 18.2. The monoisotopic (exact) mass is 380 g/mol. The second-order valence-electron chi connectivity index (χ2n) is 6.90. The van der Waals surface area contributed by atoms with Gasteiger partial charge in [0.05, 0.1) is 6.42 Å². The van der Waals surface area contributed by atoms with Gasteiger partial charge in [0.25, 0.3) is 0 Å². The van der Waals surface area contributed by atoms with E-state index in [2.05, 4.69) is 5.32 Å². The summed E-state index contributed by atoms with van der Waals surface area (Å²) in [6.45, 7) is 0.629. The van der Waals surface area contributed by atoms with Gasteiger partial charge in [0.15, 0.2) is 0 Å². The van der Waals surface area contributed by atoms with Gasteiger partial charge in [-0.25, -0.2) is 4.79 Å². The highest BCUT2D eigenvalue weighted by Gasteiger charge is 2.36. The first-order valence-corrected chi connectivity index (χ1v) is 9.17. The van der Waals surface area contributed by atoms with Crippen molar-refractivity contribution in [2.45, 2.75) is 18.4 Å². The van der Waals surface area contributed by atoms with E-state index in [4.69, 9.17) is 9.84 Å². The third kappa shape index (κ3) is 3.19. The van der Waals surface area contributed by atoms with Crippen molar-refractivity contribution in [2.24, 2.45) is 0 Å². The number of nitrogens with one attached hydrogen (secondary N) is 1. The zero-order valence-electron chi connectivity index (χ0n) is 15.1. The Kier molecular flexibility index (Phi) is 4.73. The van der Waals surface area contributed by atoms with Crippen LogP contribution in [0.1, 0.15) is 23.5 Å². The molecule has 2 amide bonds. The molecule has 1 aliphatic heterocycles. The number of ether oxygens (including phenoxy) is 1. The summed E-state index contributed by atoms with van der Waals surface area (Å²) >= 11 is 0. The highest BCUT2D eigenvalue weighted by molar-refractivity contribution is 5.90. The minimum Gasteiger partial charge on any atom is -0.481 e. The number of rotatable bonds is 4. The maximum Gasteiger partial charge on any atom is 0.410 e. The number of hydrogen-bond acceptors (Lipinski definition) is 4. The van der Waals surface area contributed by atoms with Gasteiger partial charge in [-0.2, -0.15) is 0 Å². The highest BCUT2D eigenvalue weighted by Crippen LogP contribution is 2.44. The van der Waals surface area contributed by atoms with Crippen LogP contribution in [0.4, 0.5) is 4.79 Å². The molecule has 2 aromatic rings. The number of carboxylic acids is 1. The first-order valence-electron chi connectivity index (χ1n) is 9.17. The molecule has 7 heteroatoms. The predicted octanol–water partition coefficient (Wildman–Crippen LogP) is 2.21. The Morgan fingerprint density at radius 2 is 1.68 bits per heavy atom. The van der Waals surface area contributed by atoms with Crippen LogP contribution in [0.5, 0.6) is 0 Å². The largest absolute Gasteiger partial charge is 0.481 e. The summed E-state index contributed by atoms with van der Waals surface area (Å²) in [5.74, 6) is -1.70. The molecular weight excluding hydrogens is 360 g/mol. The molecular formula is C21H20N2O5. The fourth-order valence-electron chi connectivity index (χ4n) is 3.98. The Balaban J connectivity index is 1.52. The van der Waals surface area contributed by atoms with Gasteiger partial charge >= 0.3 is 12.1 Å². The first-order chi connectivity index (χ1) is 13.6. The maximum atomic E-state index is 12.6. The van der Waals surface area contributed by atoms with Crippen LogP contribution in [0.3, 0.4) is 0 Å². The van der Waals surface area contributed by atoms with Crippen molar-refractivity contribution in [3.63, 3.8) is 0 Å². The summed E-state index contributed by atoms with van der Waals surface area (Å²) < 4.78 is 5.55. The standard InChI is InChI=1S/C21H20N2O5/c24-19(25)11-18-20(26)22-9-10-23(18)21(27)28-12-17-15-7-3-1-5-13(15)14-6-2-4-8-16(14)17/h1-8,17-18H,9-12H2,(H,22,26)(H,24,25)/t18-/m0/s1. The lowest BCUT2D eigenvalue weighted by molar-refractivity contribution is -0.142. The summed E-state index contributed by atoms with van der Waals surface area (Å²) in [5.41, 5.74) is 4.44. The van der Waals surface area contributed by atoms with E-state index in [0.29, 0.717) is 0 Å². The van der Waals surface area contributed by atoms with Crippen LogP contribution < -0.4 is 5.32 Å². The highest BCUT2D eigenvalue weighted by atomic mass is 16.6.